The van der Waals surface area contributed by atoms with Crippen LogP contribution in [-0.2, 0) is 9.16 Å². The Labute approximate surface area is 172 Å². The van der Waals surface area contributed by atoms with Crippen molar-refractivity contribution in [2.24, 2.45) is 0 Å². The molecule has 0 aliphatic rings. The van der Waals surface area contributed by atoms with E-state index in [0.717, 1.165) is 12.8 Å². The number of ether oxygens (including phenoxy) is 1. The molecule has 0 amide bonds. The SMILES string of the molecule is CCCCCCCCCCCCOC(=O)c1ccccc1C(=O)O[Si](C)(C)C. The van der Waals surface area contributed by atoms with Crippen LogP contribution in [0.5, 0.6) is 0 Å². The van der Waals surface area contributed by atoms with Gasteiger partial charge in [-0.25, -0.2) is 9.59 Å². The normalized spacial score (nSPS) is 11.3. The van der Waals surface area contributed by atoms with E-state index < -0.39 is 20.3 Å². The Bertz CT molecular complexity index is 593. The summed E-state index contributed by atoms with van der Waals surface area (Å²) in [4.78, 5) is 24.7. The van der Waals surface area contributed by atoms with E-state index in [0.29, 0.717) is 6.61 Å². The highest BCUT2D eigenvalue weighted by Crippen LogP contribution is 2.16. The lowest BCUT2D eigenvalue weighted by molar-refractivity contribution is 0.0488. The maximum atomic E-state index is 12.4. The summed E-state index contributed by atoms with van der Waals surface area (Å²) in [6, 6.07) is 6.73. The Morgan fingerprint density at radius 2 is 1.21 bits per heavy atom. The molecule has 158 valence electrons. The average molecular weight is 407 g/mol. The molecule has 0 saturated heterocycles. The summed E-state index contributed by atoms with van der Waals surface area (Å²) in [5.41, 5.74) is 0.579. The fraction of sp³-hybridized carbons (Fsp3) is 0.652. The first-order valence-corrected chi connectivity index (χ1v) is 14.3. The van der Waals surface area contributed by atoms with Gasteiger partial charge in [-0.1, -0.05) is 76.8 Å². The summed E-state index contributed by atoms with van der Waals surface area (Å²) in [6.45, 7) is 8.46. The summed E-state index contributed by atoms with van der Waals surface area (Å²) in [5, 5.41) is 0. The number of hydrogen-bond acceptors (Lipinski definition) is 4. The minimum atomic E-state index is -2.02. The van der Waals surface area contributed by atoms with Crippen LogP contribution in [0, 0.1) is 0 Å². The van der Waals surface area contributed by atoms with E-state index in [-0.39, 0.29) is 11.1 Å². The Morgan fingerprint density at radius 3 is 1.71 bits per heavy atom. The molecule has 0 spiro atoms. The molecule has 0 aromatic heterocycles. The standard InChI is InChI=1S/C23H38O4Si/c1-5-6-7-8-9-10-11-12-13-16-19-26-22(24)20-17-14-15-18-21(20)23(25)27-28(2,3)4/h14-15,17-18H,5-13,16,19H2,1-4H3. The minimum Gasteiger partial charge on any atom is -0.516 e. The molecule has 1 rings (SSSR count). The van der Waals surface area contributed by atoms with Crippen LogP contribution in [0.25, 0.3) is 0 Å². The second-order valence-corrected chi connectivity index (χ2v) is 12.8. The summed E-state index contributed by atoms with van der Waals surface area (Å²) in [7, 11) is -2.02. The van der Waals surface area contributed by atoms with Crippen molar-refractivity contribution < 1.29 is 18.8 Å². The van der Waals surface area contributed by atoms with Crippen molar-refractivity contribution in [1.29, 1.82) is 0 Å². The third kappa shape index (κ3) is 10.6. The van der Waals surface area contributed by atoms with Gasteiger partial charge in [-0.3, -0.25) is 0 Å². The van der Waals surface area contributed by atoms with Crippen molar-refractivity contribution in [1.82, 2.24) is 0 Å². The molecule has 0 radical (unpaired) electrons. The van der Waals surface area contributed by atoms with Gasteiger partial charge in [-0.15, -0.1) is 0 Å². The predicted molar refractivity (Wildman–Crippen MR) is 117 cm³/mol. The maximum Gasteiger partial charge on any atom is 0.339 e. The first-order valence-electron chi connectivity index (χ1n) is 10.8. The third-order valence-corrected chi connectivity index (χ3v) is 5.29. The van der Waals surface area contributed by atoms with E-state index in [1.807, 2.05) is 19.6 Å². The second-order valence-electron chi connectivity index (χ2n) is 8.37. The van der Waals surface area contributed by atoms with E-state index in [1.165, 1.54) is 51.4 Å². The van der Waals surface area contributed by atoms with Crippen molar-refractivity contribution >= 4 is 20.3 Å². The summed E-state index contributed by atoms with van der Waals surface area (Å²) >= 11 is 0. The molecular formula is C23H38O4Si. The first kappa shape index (κ1) is 24.4. The molecule has 0 fully saturated rings. The van der Waals surface area contributed by atoms with Crippen LogP contribution in [0.2, 0.25) is 19.6 Å². The lowest BCUT2D eigenvalue weighted by Gasteiger charge is -2.18. The Morgan fingerprint density at radius 1 is 0.750 bits per heavy atom. The van der Waals surface area contributed by atoms with E-state index in [4.69, 9.17) is 9.16 Å². The zero-order valence-electron chi connectivity index (χ0n) is 18.2. The highest BCUT2D eigenvalue weighted by molar-refractivity contribution is 6.71. The molecule has 1 aromatic carbocycles. The van der Waals surface area contributed by atoms with Crippen LogP contribution in [0.3, 0.4) is 0 Å². The van der Waals surface area contributed by atoms with Gasteiger partial charge in [0, 0.05) is 0 Å². The number of hydrogen-bond donors (Lipinski definition) is 0. The monoisotopic (exact) mass is 406 g/mol. The zero-order chi connectivity index (χ0) is 20.8. The molecule has 0 aliphatic heterocycles. The first-order chi connectivity index (χ1) is 13.3. The Balaban J connectivity index is 2.28. The van der Waals surface area contributed by atoms with E-state index in [2.05, 4.69) is 6.92 Å². The number of rotatable bonds is 14. The van der Waals surface area contributed by atoms with Crippen LogP contribution in [0.15, 0.2) is 24.3 Å². The smallest absolute Gasteiger partial charge is 0.339 e. The molecule has 0 bridgehead atoms. The number of unbranched alkanes of at least 4 members (excludes halogenated alkanes) is 9. The molecule has 4 nitrogen and oxygen atoms in total. The molecule has 0 atom stereocenters. The lowest BCUT2D eigenvalue weighted by atomic mass is 10.1. The third-order valence-electron chi connectivity index (χ3n) is 4.50. The number of carbonyl (C=O) groups excluding carboxylic acids is 2. The van der Waals surface area contributed by atoms with Gasteiger partial charge in [0.1, 0.15) is 0 Å². The topological polar surface area (TPSA) is 52.6 Å². The van der Waals surface area contributed by atoms with Gasteiger partial charge in [-0.2, -0.15) is 0 Å². The maximum absolute atomic E-state index is 12.4. The van der Waals surface area contributed by atoms with Gasteiger partial charge in [0.2, 0.25) is 8.32 Å². The highest BCUT2D eigenvalue weighted by atomic mass is 28.4. The van der Waals surface area contributed by atoms with Gasteiger partial charge >= 0.3 is 11.9 Å². The molecule has 0 unspecified atom stereocenters. The van der Waals surface area contributed by atoms with Crippen molar-refractivity contribution in [3.63, 3.8) is 0 Å². The average Bonchev–Trinajstić information content (AvgIpc) is 2.64. The van der Waals surface area contributed by atoms with E-state index in [9.17, 15) is 9.59 Å². The number of benzene rings is 1. The van der Waals surface area contributed by atoms with Gasteiger partial charge in [0.25, 0.3) is 0 Å². The second kappa shape index (κ2) is 13.5. The van der Waals surface area contributed by atoms with Crippen molar-refractivity contribution in [3.05, 3.63) is 35.4 Å². The fourth-order valence-corrected chi connectivity index (χ4v) is 3.67. The summed E-state index contributed by atoms with van der Waals surface area (Å²) in [5.74, 6) is -0.885. The van der Waals surface area contributed by atoms with Crippen LogP contribution >= 0.6 is 0 Å². The Hall–Kier alpha value is -1.62. The molecular weight excluding hydrogens is 368 g/mol. The van der Waals surface area contributed by atoms with Crippen molar-refractivity contribution in [2.45, 2.75) is 90.8 Å². The number of esters is 1. The van der Waals surface area contributed by atoms with Crippen molar-refractivity contribution in [2.75, 3.05) is 6.61 Å². The molecule has 1 aromatic rings. The van der Waals surface area contributed by atoms with E-state index in [1.54, 1.807) is 24.3 Å². The molecule has 0 heterocycles. The van der Waals surface area contributed by atoms with Crippen LogP contribution < -0.4 is 0 Å². The van der Waals surface area contributed by atoms with E-state index >= 15 is 0 Å². The van der Waals surface area contributed by atoms with Gasteiger partial charge in [-0.05, 0) is 38.2 Å². The Kier molecular flexibility index (Phi) is 11.8. The zero-order valence-corrected chi connectivity index (χ0v) is 19.2. The van der Waals surface area contributed by atoms with Crippen LogP contribution in [0.4, 0.5) is 0 Å². The molecule has 5 heteroatoms. The number of carbonyl (C=O) groups is 2. The molecule has 0 N–H and O–H groups in total. The quantitative estimate of drug-likeness (QED) is 0.195. The molecule has 28 heavy (non-hydrogen) atoms. The highest BCUT2D eigenvalue weighted by Gasteiger charge is 2.24. The van der Waals surface area contributed by atoms with Crippen molar-refractivity contribution in [3.8, 4) is 0 Å². The molecule has 0 saturated carbocycles. The summed E-state index contributed by atoms with van der Waals surface area (Å²) < 4.78 is 10.9. The van der Waals surface area contributed by atoms with Gasteiger partial charge in [0.05, 0.1) is 17.7 Å². The van der Waals surface area contributed by atoms with Crippen LogP contribution in [0.1, 0.15) is 91.8 Å². The molecule has 0 aliphatic carbocycles. The summed E-state index contributed by atoms with van der Waals surface area (Å²) in [6.07, 6.45) is 12.4. The largest absolute Gasteiger partial charge is 0.516 e. The van der Waals surface area contributed by atoms with Gasteiger partial charge in [0.15, 0.2) is 0 Å². The minimum absolute atomic E-state index is 0.290. The lowest BCUT2D eigenvalue weighted by Crippen LogP contribution is -2.30. The van der Waals surface area contributed by atoms with Crippen LogP contribution in [-0.4, -0.2) is 26.9 Å². The fourth-order valence-electron chi connectivity index (χ4n) is 3.00. The predicted octanol–water partition coefficient (Wildman–Crippen LogP) is 6.76. The van der Waals surface area contributed by atoms with Gasteiger partial charge < -0.3 is 9.16 Å².